The minimum Gasteiger partial charge on any atom is -0.325 e. The minimum atomic E-state index is -0.450. The summed E-state index contributed by atoms with van der Waals surface area (Å²) in [6, 6.07) is 0. The molecule has 0 radical (unpaired) electrons. The highest BCUT2D eigenvalue weighted by Crippen LogP contribution is 2.19. The molecule has 1 amide bonds. The molecule has 10 heavy (non-hydrogen) atoms. The van der Waals surface area contributed by atoms with Crippen molar-refractivity contribution in [3.8, 4) is 0 Å². The van der Waals surface area contributed by atoms with Crippen LogP contribution in [-0.2, 0) is 9.32 Å². The third kappa shape index (κ3) is 1.22. The van der Waals surface area contributed by atoms with Crippen LogP contribution in [0.5, 0.6) is 0 Å². The van der Waals surface area contributed by atoms with Gasteiger partial charge in [0.15, 0.2) is 9.76 Å². The Morgan fingerprint density at radius 2 is 2.60 bits per heavy atom. The Kier molecular flexibility index (Phi) is 2.45. The van der Waals surface area contributed by atoms with Gasteiger partial charge in [-0.05, 0) is 13.0 Å². The molecule has 0 aromatic carbocycles. The van der Waals surface area contributed by atoms with Crippen molar-refractivity contribution in [1.29, 1.82) is 0 Å². The highest BCUT2D eigenvalue weighted by molar-refractivity contribution is 6.25. The lowest BCUT2D eigenvalue weighted by atomic mass is 9.99. The van der Waals surface area contributed by atoms with Gasteiger partial charge in [0.2, 0.25) is 5.91 Å². The van der Waals surface area contributed by atoms with Crippen LogP contribution in [0.3, 0.4) is 0 Å². The third-order valence-electron chi connectivity index (χ3n) is 1.76. The first kappa shape index (κ1) is 7.75. The Balaban J connectivity index is 2.25. The molecule has 1 rings (SSSR count). The van der Waals surface area contributed by atoms with Crippen LogP contribution in [0.1, 0.15) is 13.3 Å². The molecule has 0 saturated carbocycles. The van der Waals surface area contributed by atoms with Crippen molar-refractivity contribution < 1.29 is 9.32 Å². The van der Waals surface area contributed by atoms with Crippen molar-refractivity contribution in [3.63, 3.8) is 0 Å². The van der Waals surface area contributed by atoms with E-state index in [4.69, 9.17) is 4.53 Å². The predicted molar refractivity (Wildman–Crippen MR) is 41.0 cm³/mol. The molecular formula is C6H13NO2Si. The smallest absolute Gasteiger partial charge is 0.250 e. The summed E-state index contributed by atoms with van der Waals surface area (Å²) in [5.74, 6) is 0.428. The van der Waals surface area contributed by atoms with E-state index in [9.17, 15) is 4.79 Å². The number of hydrogen-bond donors (Lipinski definition) is 0. The fraction of sp³-hybridized carbons (Fsp3) is 0.833. The highest BCUT2D eigenvalue weighted by Gasteiger charge is 2.35. The maximum absolute atomic E-state index is 11.0. The van der Waals surface area contributed by atoms with Gasteiger partial charge in [-0.25, -0.2) is 5.06 Å². The normalized spacial score (nSPS) is 26.0. The first-order valence-corrected chi connectivity index (χ1v) is 5.73. The monoisotopic (exact) mass is 159 g/mol. The van der Waals surface area contributed by atoms with Crippen molar-refractivity contribution in [1.82, 2.24) is 5.06 Å². The average molecular weight is 159 g/mol. The summed E-state index contributed by atoms with van der Waals surface area (Å²) in [6.07, 6.45) is 0.948. The molecule has 0 aromatic heterocycles. The third-order valence-corrected chi connectivity index (χ3v) is 2.33. The van der Waals surface area contributed by atoms with Crippen LogP contribution in [-0.4, -0.2) is 27.3 Å². The Morgan fingerprint density at radius 1 is 1.90 bits per heavy atom. The number of amides is 1. The molecule has 0 aromatic rings. The fourth-order valence-electron chi connectivity index (χ4n) is 1.04. The van der Waals surface area contributed by atoms with Gasteiger partial charge in [0.25, 0.3) is 0 Å². The lowest BCUT2D eigenvalue weighted by Gasteiger charge is -2.36. The van der Waals surface area contributed by atoms with E-state index < -0.39 is 9.76 Å². The standard InChI is InChI=1S/C6H13NO2Si/c1-3-5-4-7(6(5)8)9-10-2/h5H,3-4,10H2,1-2H3. The minimum absolute atomic E-state index is 0.178. The van der Waals surface area contributed by atoms with E-state index in [-0.39, 0.29) is 11.8 Å². The van der Waals surface area contributed by atoms with Crippen LogP contribution in [0, 0.1) is 5.92 Å². The molecule has 0 N–H and O–H groups in total. The summed E-state index contributed by atoms with van der Waals surface area (Å²) in [5.41, 5.74) is 0. The van der Waals surface area contributed by atoms with Gasteiger partial charge in [-0.3, -0.25) is 4.79 Å². The molecular weight excluding hydrogens is 146 g/mol. The molecule has 0 spiro atoms. The molecule has 3 nitrogen and oxygen atoms in total. The van der Waals surface area contributed by atoms with Gasteiger partial charge in [-0.2, -0.15) is 0 Å². The van der Waals surface area contributed by atoms with Gasteiger partial charge in [-0.15, -0.1) is 0 Å². The molecule has 1 unspecified atom stereocenters. The van der Waals surface area contributed by atoms with Gasteiger partial charge < -0.3 is 4.53 Å². The van der Waals surface area contributed by atoms with Gasteiger partial charge in [0, 0.05) is 0 Å². The van der Waals surface area contributed by atoms with Crippen molar-refractivity contribution in [2.24, 2.45) is 5.92 Å². The maximum atomic E-state index is 11.0. The molecule has 1 aliphatic heterocycles. The van der Waals surface area contributed by atoms with Crippen LogP contribution in [0.4, 0.5) is 0 Å². The molecule has 0 aliphatic carbocycles. The van der Waals surface area contributed by atoms with Gasteiger partial charge in [0.1, 0.15) is 0 Å². The van der Waals surface area contributed by atoms with E-state index in [1.807, 2.05) is 13.5 Å². The number of carbonyl (C=O) groups excluding carboxylic acids is 1. The lowest BCUT2D eigenvalue weighted by Crippen LogP contribution is -2.52. The first-order chi connectivity index (χ1) is 4.79. The Hall–Kier alpha value is -0.353. The van der Waals surface area contributed by atoms with Gasteiger partial charge in [-0.1, -0.05) is 6.92 Å². The average Bonchev–Trinajstić information content (AvgIpc) is 1.96. The Labute approximate surface area is 63.2 Å². The zero-order valence-electron chi connectivity index (χ0n) is 6.46. The summed E-state index contributed by atoms with van der Waals surface area (Å²) < 4.78 is 5.14. The van der Waals surface area contributed by atoms with Gasteiger partial charge >= 0.3 is 0 Å². The van der Waals surface area contributed by atoms with E-state index >= 15 is 0 Å². The first-order valence-electron chi connectivity index (χ1n) is 3.73. The number of hydroxylamine groups is 2. The van der Waals surface area contributed by atoms with E-state index in [2.05, 4.69) is 0 Å². The van der Waals surface area contributed by atoms with Crippen LogP contribution in [0.2, 0.25) is 6.55 Å². The Bertz CT molecular complexity index is 140. The molecule has 4 heteroatoms. The SMILES string of the molecule is CCC1CN(O[SiH2]C)C1=O. The van der Waals surface area contributed by atoms with Crippen LogP contribution < -0.4 is 0 Å². The topological polar surface area (TPSA) is 29.5 Å². The van der Waals surface area contributed by atoms with E-state index in [1.165, 1.54) is 5.06 Å². The number of hydrogen-bond acceptors (Lipinski definition) is 2. The quantitative estimate of drug-likeness (QED) is 0.426. The largest absolute Gasteiger partial charge is 0.325 e. The number of β-lactam (4-membered cyclic amide) rings is 1. The summed E-state index contributed by atoms with van der Waals surface area (Å²) >= 11 is 0. The van der Waals surface area contributed by atoms with E-state index in [0.717, 1.165) is 13.0 Å². The summed E-state index contributed by atoms with van der Waals surface area (Å²) in [5, 5.41) is 1.50. The van der Waals surface area contributed by atoms with Crippen molar-refractivity contribution >= 4 is 15.7 Å². The summed E-state index contributed by atoms with van der Waals surface area (Å²) in [6.45, 7) is 4.87. The van der Waals surface area contributed by atoms with Crippen LogP contribution in [0.15, 0.2) is 0 Å². The molecule has 1 atom stereocenters. The molecule has 0 bridgehead atoms. The molecule has 1 heterocycles. The number of rotatable bonds is 3. The molecule has 1 aliphatic rings. The molecule has 58 valence electrons. The van der Waals surface area contributed by atoms with Crippen molar-refractivity contribution in [2.75, 3.05) is 6.54 Å². The second kappa shape index (κ2) is 3.16. The van der Waals surface area contributed by atoms with Crippen LogP contribution >= 0.6 is 0 Å². The van der Waals surface area contributed by atoms with Crippen molar-refractivity contribution in [2.45, 2.75) is 19.9 Å². The second-order valence-corrected chi connectivity index (χ2v) is 3.26. The second-order valence-electron chi connectivity index (χ2n) is 2.42. The maximum Gasteiger partial charge on any atom is 0.250 e. The number of nitrogens with zero attached hydrogens (tertiary/aromatic N) is 1. The van der Waals surface area contributed by atoms with E-state index in [1.54, 1.807) is 0 Å². The molecule has 1 fully saturated rings. The van der Waals surface area contributed by atoms with Crippen LogP contribution in [0.25, 0.3) is 0 Å². The molecule has 1 saturated heterocycles. The van der Waals surface area contributed by atoms with Gasteiger partial charge in [0.05, 0.1) is 12.5 Å². The summed E-state index contributed by atoms with van der Waals surface area (Å²) in [4.78, 5) is 11.0. The van der Waals surface area contributed by atoms with Crippen molar-refractivity contribution in [3.05, 3.63) is 0 Å². The Morgan fingerprint density at radius 3 is 3.00 bits per heavy atom. The van der Waals surface area contributed by atoms with E-state index in [0.29, 0.717) is 0 Å². The zero-order valence-corrected chi connectivity index (χ0v) is 7.88. The summed E-state index contributed by atoms with van der Waals surface area (Å²) in [7, 11) is -0.450. The zero-order chi connectivity index (χ0) is 7.56. The number of carbonyl (C=O) groups is 1. The lowest BCUT2D eigenvalue weighted by molar-refractivity contribution is -0.187. The predicted octanol–water partition coefficient (Wildman–Crippen LogP) is -0.0817. The fourth-order valence-corrected chi connectivity index (χ4v) is 1.58. The highest BCUT2D eigenvalue weighted by atomic mass is 28.2.